The van der Waals surface area contributed by atoms with Crippen molar-refractivity contribution in [2.45, 2.75) is 50.3 Å². The highest BCUT2D eigenvalue weighted by Gasteiger charge is 2.37. The number of nitrogens with one attached hydrogen (secondary N) is 1. The highest BCUT2D eigenvalue weighted by atomic mass is 32.2. The molecule has 2 aromatic carbocycles. The first kappa shape index (κ1) is 27.2. The third-order valence-corrected chi connectivity index (χ3v) is 9.41. The number of nitrogens with zero attached hydrogens (tertiary/aromatic N) is 2. The molecule has 1 aromatic heterocycles. The lowest BCUT2D eigenvalue weighted by atomic mass is 9.99. The molecule has 3 aromatic rings. The fourth-order valence-electron chi connectivity index (χ4n) is 4.86. The lowest BCUT2D eigenvalue weighted by molar-refractivity contribution is -0.120. The number of aryl methyl sites for hydroxylation is 4. The van der Waals surface area contributed by atoms with Crippen LogP contribution in [0.4, 0.5) is 5.69 Å². The van der Waals surface area contributed by atoms with Crippen LogP contribution in [0.3, 0.4) is 0 Å². The molecule has 0 radical (unpaired) electrons. The predicted molar refractivity (Wildman–Crippen MR) is 149 cm³/mol. The quantitative estimate of drug-likeness (QED) is 0.379. The normalized spacial score (nSPS) is 16.8. The Bertz CT molecular complexity index is 1420. The van der Waals surface area contributed by atoms with Crippen molar-refractivity contribution in [3.63, 3.8) is 0 Å². The van der Waals surface area contributed by atoms with Crippen molar-refractivity contribution in [2.75, 3.05) is 24.7 Å². The molecule has 0 unspecified atom stereocenters. The average molecular weight is 540 g/mol. The van der Waals surface area contributed by atoms with Gasteiger partial charge in [-0.05, 0) is 87.8 Å². The van der Waals surface area contributed by atoms with Gasteiger partial charge in [0.1, 0.15) is 5.69 Å². The lowest BCUT2D eigenvalue weighted by Crippen LogP contribution is -2.43. The third-order valence-electron chi connectivity index (χ3n) is 6.66. The number of hydrogen-bond acceptors (Lipinski definition) is 6. The van der Waals surface area contributed by atoms with E-state index in [0.717, 1.165) is 21.6 Å². The highest BCUT2D eigenvalue weighted by Crippen LogP contribution is 2.30. The molecule has 1 fully saturated rings. The lowest BCUT2D eigenvalue weighted by Gasteiger charge is -2.31. The molecular weight excluding hydrogens is 506 g/mol. The zero-order chi connectivity index (χ0) is 26.7. The molecular formula is C28H33N3O4S2. The van der Waals surface area contributed by atoms with Crippen LogP contribution in [0.5, 0.6) is 0 Å². The fraction of sp³-hybridized carbons (Fsp3) is 0.357. The van der Waals surface area contributed by atoms with Gasteiger partial charge in [-0.1, -0.05) is 35.0 Å². The van der Waals surface area contributed by atoms with E-state index in [0.29, 0.717) is 30.8 Å². The first-order chi connectivity index (χ1) is 17.6. The van der Waals surface area contributed by atoms with E-state index in [1.165, 1.54) is 9.87 Å². The van der Waals surface area contributed by atoms with E-state index >= 15 is 0 Å². The number of carbonyl (C=O) groups is 1. The van der Waals surface area contributed by atoms with Crippen molar-refractivity contribution < 1.29 is 17.7 Å². The number of anilines is 1. The van der Waals surface area contributed by atoms with E-state index in [4.69, 9.17) is 4.52 Å². The summed E-state index contributed by atoms with van der Waals surface area (Å²) in [5, 5.41) is 6.91. The number of piperidine rings is 1. The van der Waals surface area contributed by atoms with E-state index in [1.54, 1.807) is 24.8 Å². The Morgan fingerprint density at radius 2 is 1.86 bits per heavy atom. The SMILES string of the molecule is CSc1cccc(NC(=O)[C@@H]2CCCN(S(=O)(=O)c3c(C)noc3/C=C/c3c(C)cc(C)cc3C)C2)c1. The second-order valence-corrected chi connectivity index (χ2v) is 12.3. The van der Waals surface area contributed by atoms with Crippen molar-refractivity contribution in [1.29, 1.82) is 0 Å². The summed E-state index contributed by atoms with van der Waals surface area (Å²) in [6.07, 6.45) is 6.74. The number of sulfonamides is 1. The molecule has 1 aliphatic heterocycles. The Labute approximate surface area is 223 Å². The maximum atomic E-state index is 13.7. The second kappa shape index (κ2) is 11.2. The molecule has 0 saturated carbocycles. The van der Waals surface area contributed by atoms with Crippen molar-refractivity contribution in [3.05, 3.63) is 70.1 Å². The van der Waals surface area contributed by atoms with Gasteiger partial charge in [0.2, 0.25) is 15.9 Å². The number of amides is 1. The monoisotopic (exact) mass is 539 g/mol. The number of thioether (sulfide) groups is 1. The summed E-state index contributed by atoms with van der Waals surface area (Å²) in [7, 11) is -3.92. The zero-order valence-electron chi connectivity index (χ0n) is 21.9. The van der Waals surface area contributed by atoms with Gasteiger partial charge in [0.15, 0.2) is 10.7 Å². The van der Waals surface area contributed by atoms with Crippen LogP contribution >= 0.6 is 11.8 Å². The van der Waals surface area contributed by atoms with Crippen LogP contribution in [-0.4, -0.2) is 43.1 Å². The first-order valence-electron chi connectivity index (χ1n) is 12.3. The van der Waals surface area contributed by atoms with Gasteiger partial charge in [-0.2, -0.15) is 4.31 Å². The molecule has 1 amide bonds. The molecule has 4 rings (SSSR count). The maximum Gasteiger partial charge on any atom is 0.248 e. The molecule has 1 atom stereocenters. The summed E-state index contributed by atoms with van der Waals surface area (Å²) in [6, 6.07) is 11.8. The largest absolute Gasteiger partial charge is 0.355 e. The van der Waals surface area contributed by atoms with Crippen LogP contribution in [0.15, 0.2) is 50.7 Å². The molecule has 7 nitrogen and oxygen atoms in total. The van der Waals surface area contributed by atoms with Gasteiger partial charge in [-0.15, -0.1) is 11.8 Å². The Balaban J connectivity index is 1.55. The molecule has 0 aliphatic carbocycles. The minimum absolute atomic E-state index is 0.0555. The molecule has 1 N–H and O–H groups in total. The minimum atomic E-state index is -3.92. The van der Waals surface area contributed by atoms with Crippen LogP contribution in [0, 0.1) is 33.6 Å². The smallest absolute Gasteiger partial charge is 0.248 e. The van der Waals surface area contributed by atoms with Crippen molar-refractivity contribution in [1.82, 2.24) is 9.46 Å². The molecule has 9 heteroatoms. The first-order valence-corrected chi connectivity index (χ1v) is 14.9. The molecule has 37 heavy (non-hydrogen) atoms. The number of rotatable bonds is 7. The van der Waals surface area contributed by atoms with Gasteiger partial charge in [0, 0.05) is 23.7 Å². The van der Waals surface area contributed by atoms with Crippen LogP contribution in [-0.2, 0) is 14.8 Å². The van der Waals surface area contributed by atoms with E-state index in [2.05, 4.69) is 22.6 Å². The van der Waals surface area contributed by atoms with E-state index in [9.17, 15) is 13.2 Å². The predicted octanol–water partition coefficient (Wildman–Crippen LogP) is 5.84. The van der Waals surface area contributed by atoms with Crippen LogP contribution in [0.25, 0.3) is 12.2 Å². The topological polar surface area (TPSA) is 92.5 Å². The summed E-state index contributed by atoms with van der Waals surface area (Å²) < 4.78 is 34.3. The van der Waals surface area contributed by atoms with Crippen molar-refractivity contribution >= 4 is 45.5 Å². The van der Waals surface area contributed by atoms with Gasteiger partial charge >= 0.3 is 0 Å². The Morgan fingerprint density at radius 3 is 2.57 bits per heavy atom. The summed E-state index contributed by atoms with van der Waals surface area (Å²) in [5.41, 5.74) is 5.40. The van der Waals surface area contributed by atoms with Crippen LogP contribution in [0.2, 0.25) is 0 Å². The molecule has 196 valence electrons. The molecule has 1 aliphatic rings. The third kappa shape index (κ3) is 6.00. The highest BCUT2D eigenvalue weighted by molar-refractivity contribution is 7.98. The standard InChI is InChI=1S/C28H33N3O4S2/c1-18-14-19(2)25(20(3)15-18)11-12-26-27(21(4)30-35-26)37(33,34)31-13-7-8-22(17-31)28(32)29-23-9-6-10-24(16-23)36-5/h6,9-12,14-16,22H,7-8,13,17H2,1-5H3,(H,29,32)/b12-11+/t22-/m1/s1. The summed E-state index contributed by atoms with van der Waals surface area (Å²) in [5.74, 6) is -0.429. The fourth-order valence-corrected chi connectivity index (χ4v) is 7.09. The van der Waals surface area contributed by atoms with E-state index < -0.39 is 15.9 Å². The van der Waals surface area contributed by atoms with Crippen molar-refractivity contribution in [2.24, 2.45) is 5.92 Å². The second-order valence-electron chi connectivity index (χ2n) is 9.53. The summed E-state index contributed by atoms with van der Waals surface area (Å²) >= 11 is 1.60. The molecule has 0 bridgehead atoms. The Hall–Kier alpha value is -2.88. The average Bonchev–Trinajstić information content (AvgIpc) is 3.24. The Morgan fingerprint density at radius 1 is 1.14 bits per heavy atom. The summed E-state index contributed by atoms with van der Waals surface area (Å²) in [6.45, 7) is 8.19. The van der Waals surface area contributed by atoms with E-state index in [1.807, 2.05) is 57.4 Å². The Kier molecular flexibility index (Phi) is 8.26. The maximum absolute atomic E-state index is 13.7. The van der Waals surface area contributed by atoms with Gasteiger partial charge in [0.25, 0.3) is 0 Å². The molecule has 2 heterocycles. The van der Waals surface area contributed by atoms with Gasteiger partial charge in [0.05, 0.1) is 5.92 Å². The minimum Gasteiger partial charge on any atom is -0.355 e. The van der Waals surface area contributed by atoms with Gasteiger partial charge in [-0.25, -0.2) is 8.42 Å². The van der Waals surface area contributed by atoms with E-state index in [-0.39, 0.29) is 23.1 Å². The van der Waals surface area contributed by atoms with Crippen molar-refractivity contribution in [3.8, 4) is 0 Å². The number of carbonyl (C=O) groups excluding carboxylic acids is 1. The number of aromatic nitrogens is 1. The molecule has 1 saturated heterocycles. The zero-order valence-corrected chi connectivity index (χ0v) is 23.5. The molecule has 0 spiro atoms. The van der Waals surface area contributed by atoms with Crippen LogP contribution < -0.4 is 5.32 Å². The summed E-state index contributed by atoms with van der Waals surface area (Å²) in [4.78, 5) is 14.1. The van der Waals surface area contributed by atoms with Crippen LogP contribution in [0.1, 0.15) is 46.5 Å². The number of benzene rings is 2. The van der Waals surface area contributed by atoms with Gasteiger partial charge in [-0.3, -0.25) is 4.79 Å². The number of hydrogen-bond donors (Lipinski definition) is 1. The van der Waals surface area contributed by atoms with Gasteiger partial charge < -0.3 is 9.84 Å².